The first-order valence-electron chi connectivity index (χ1n) is 7.39. The van der Waals surface area contributed by atoms with Gasteiger partial charge in [-0.15, -0.1) is 0 Å². The fourth-order valence-corrected chi connectivity index (χ4v) is 1.95. The third kappa shape index (κ3) is 5.24. The Morgan fingerprint density at radius 3 is 3.04 bits per heavy atom. The second-order valence-electron chi connectivity index (χ2n) is 5.22. The molecule has 130 valence electrons. The second kappa shape index (κ2) is 8.35. The first-order chi connectivity index (χ1) is 12.0. The van der Waals surface area contributed by atoms with E-state index in [4.69, 9.17) is 9.84 Å². The van der Waals surface area contributed by atoms with E-state index in [0.29, 0.717) is 22.7 Å². The molecule has 0 spiro atoms. The van der Waals surface area contributed by atoms with Gasteiger partial charge in [-0.1, -0.05) is 0 Å². The number of rotatable bonds is 7. The van der Waals surface area contributed by atoms with Crippen molar-refractivity contribution in [1.82, 2.24) is 25.0 Å². The number of hydrogen-bond donors (Lipinski definition) is 2. The number of carboxylic acid groups (broad SMARTS) is 1. The van der Waals surface area contributed by atoms with Gasteiger partial charge in [0.2, 0.25) is 0 Å². The predicted molar refractivity (Wildman–Crippen MR) is 90.2 cm³/mol. The number of nitrogens with zero attached hydrogens (tertiary/aromatic N) is 5. The zero-order valence-electron chi connectivity index (χ0n) is 13.9. The average molecular weight is 342 g/mol. The fourth-order valence-electron chi connectivity index (χ4n) is 1.95. The summed E-state index contributed by atoms with van der Waals surface area (Å²) in [6.45, 7) is 0.379. The van der Waals surface area contributed by atoms with Crippen molar-refractivity contribution in [2.24, 2.45) is 0 Å². The Bertz CT molecular complexity index is 806. The van der Waals surface area contributed by atoms with E-state index in [2.05, 4.69) is 21.5 Å². The normalized spacial score (nSPS) is 10.8. The molecule has 2 aromatic heterocycles. The number of nitrogens with one attached hydrogen (secondary N) is 1. The number of amides is 1. The summed E-state index contributed by atoms with van der Waals surface area (Å²) in [7, 11) is 3.67. The smallest absolute Gasteiger partial charge is 0.404 e. The number of nitriles is 1. The monoisotopic (exact) mass is 342 g/mol. The largest absolute Gasteiger partial charge is 0.492 e. The Labute approximate surface area is 144 Å². The zero-order chi connectivity index (χ0) is 18.2. The van der Waals surface area contributed by atoms with Gasteiger partial charge in [0.25, 0.3) is 0 Å². The van der Waals surface area contributed by atoms with Crippen molar-refractivity contribution in [3.63, 3.8) is 0 Å². The molecule has 0 aliphatic carbocycles. The molecule has 0 fully saturated rings. The molecule has 0 saturated carbocycles. The summed E-state index contributed by atoms with van der Waals surface area (Å²) in [6, 6.07) is 5.48. The Morgan fingerprint density at radius 1 is 1.56 bits per heavy atom. The van der Waals surface area contributed by atoms with Crippen molar-refractivity contribution in [1.29, 1.82) is 5.26 Å². The number of ether oxygens (including phenoxy) is 1. The van der Waals surface area contributed by atoms with Crippen molar-refractivity contribution < 1.29 is 14.6 Å². The maximum absolute atomic E-state index is 10.4. The predicted octanol–water partition coefficient (Wildman–Crippen LogP) is 1.34. The molecule has 9 heteroatoms. The quantitative estimate of drug-likeness (QED) is 0.576. The van der Waals surface area contributed by atoms with E-state index in [-0.39, 0.29) is 13.2 Å². The number of pyridine rings is 1. The van der Waals surface area contributed by atoms with Crippen LogP contribution in [0.15, 0.2) is 36.9 Å². The summed E-state index contributed by atoms with van der Waals surface area (Å²) >= 11 is 0. The summed E-state index contributed by atoms with van der Waals surface area (Å²) in [6.07, 6.45) is 5.48. The molecule has 2 heterocycles. The second-order valence-corrected chi connectivity index (χ2v) is 5.22. The van der Waals surface area contributed by atoms with Crippen LogP contribution in [0.25, 0.3) is 11.4 Å². The molecule has 1 amide bonds. The van der Waals surface area contributed by atoms with Crippen LogP contribution >= 0.6 is 0 Å². The SMILES string of the molecule is CN(C)/C=C(\C#N)c1cnn(-c2cc(OCCNC(=O)O)ccn2)c1. The molecule has 0 aliphatic heterocycles. The molecule has 0 radical (unpaired) electrons. The number of aromatic nitrogens is 3. The average Bonchev–Trinajstić information content (AvgIpc) is 3.06. The minimum Gasteiger partial charge on any atom is -0.492 e. The Kier molecular flexibility index (Phi) is 5.95. The lowest BCUT2D eigenvalue weighted by atomic mass is 10.2. The Balaban J connectivity index is 2.11. The van der Waals surface area contributed by atoms with Gasteiger partial charge < -0.3 is 20.1 Å². The molecule has 0 aromatic carbocycles. The van der Waals surface area contributed by atoms with Gasteiger partial charge in [0.05, 0.1) is 18.3 Å². The zero-order valence-corrected chi connectivity index (χ0v) is 13.9. The summed E-state index contributed by atoms with van der Waals surface area (Å²) in [5.74, 6) is 1.07. The third-order valence-corrected chi connectivity index (χ3v) is 3.00. The van der Waals surface area contributed by atoms with Gasteiger partial charge in [-0.05, 0) is 6.07 Å². The fraction of sp³-hybridized carbons (Fsp3) is 0.250. The highest BCUT2D eigenvalue weighted by Gasteiger charge is 2.08. The van der Waals surface area contributed by atoms with E-state index in [0.717, 1.165) is 0 Å². The van der Waals surface area contributed by atoms with Crippen LogP contribution in [0.1, 0.15) is 5.56 Å². The van der Waals surface area contributed by atoms with Crippen molar-refractivity contribution in [3.8, 4) is 17.6 Å². The van der Waals surface area contributed by atoms with E-state index in [1.807, 2.05) is 14.1 Å². The van der Waals surface area contributed by atoms with E-state index < -0.39 is 6.09 Å². The molecule has 9 nitrogen and oxygen atoms in total. The molecule has 0 bridgehead atoms. The molecular weight excluding hydrogens is 324 g/mol. The maximum Gasteiger partial charge on any atom is 0.404 e. The first-order valence-corrected chi connectivity index (χ1v) is 7.39. The van der Waals surface area contributed by atoms with Gasteiger partial charge in [0.1, 0.15) is 18.4 Å². The Hall–Kier alpha value is -3.54. The molecular formula is C16H18N6O3. The lowest BCUT2D eigenvalue weighted by molar-refractivity contribution is 0.191. The molecule has 2 aromatic rings. The summed E-state index contributed by atoms with van der Waals surface area (Å²) in [5, 5.41) is 24.2. The molecule has 2 N–H and O–H groups in total. The van der Waals surface area contributed by atoms with Crippen LogP contribution < -0.4 is 10.1 Å². The van der Waals surface area contributed by atoms with Crippen LogP contribution in [0.4, 0.5) is 4.79 Å². The van der Waals surface area contributed by atoms with Crippen molar-refractivity contribution in [3.05, 3.63) is 42.5 Å². The Morgan fingerprint density at radius 2 is 2.36 bits per heavy atom. The number of hydrogen-bond acceptors (Lipinski definition) is 6. The van der Waals surface area contributed by atoms with Crippen LogP contribution in [-0.2, 0) is 0 Å². The number of allylic oxidation sites excluding steroid dienone is 1. The van der Waals surface area contributed by atoms with Gasteiger partial charge in [-0.2, -0.15) is 10.4 Å². The van der Waals surface area contributed by atoms with Gasteiger partial charge in [-0.25, -0.2) is 14.5 Å². The molecule has 0 saturated heterocycles. The minimum atomic E-state index is -1.10. The number of carbonyl (C=O) groups is 1. The maximum atomic E-state index is 10.4. The summed E-state index contributed by atoms with van der Waals surface area (Å²) < 4.78 is 7.01. The summed E-state index contributed by atoms with van der Waals surface area (Å²) in [4.78, 5) is 16.4. The molecule has 25 heavy (non-hydrogen) atoms. The van der Waals surface area contributed by atoms with Crippen molar-refractivity contribution in [2.45, 2.75) is 0 Å². The van der Waals surface area contributed by atoms with Crippen LogP contribution in [-0.4, -0.2) is 58.1 Å². The first kappa shape index (κ1) is 17.8. The van der Waals surface area contributed by atoms with Gasteiger partial charge >= 0.3 is 6.09 Å². The van der Waals surface area contributed by atoms with Gasteiger partial charge in [0.15, 0.2) is 5.82 Å². The van der Waals surface area contributed by atoms with E-state index in [9.17, 15) is 10.1 Å². The molecule has 2 rings (SSSR count). The van der Waals surface area contributed by atoms with Crippen molar-refractivity contribution in [2.75, 3.05) is 27.2 Å². The van der Waals surface area contributed by atoms with E-state index >= 15 is 0 Å². The highest BCUT2D eigenvalue weighted by Crippen LogP contribution is 2.17. The molecule has 0 unspecified atom stereocenters. The van der Waals surface area contributed by atoms with Crippen LogP contribution in [0, 0.1) is 11.3 Å². The van der Waals surface area contributed by atoms with Crippen LogP contribution in [0.3, 0.4) is 0 Å². The lowest BCUT2D eigenvalue weighted by Crippen LogP contribution is -2.26. The van der Waals surface area contributed by atoms with Crippen LogP contribution in [0.2, 0.25) is 0 Å². The van der Waals surface area contributed by atoms with E-state index in [1.165, 1.54) is 0 Å². The highest BCUT2D eigenvalue weighted by atomic mass is 16.5. The van der Waals surface area contributed by atoms with Gasteiger partial charge in [0, 0.05) is 44.3 Å². The third-order valence-electron chi connectivity index (χ3n) is 3.00. The standard InChI is InChI=1S/C16H18N6O3/c1-21(2)10-12(8-17)13-9-20-22(11-13)15-7-14(3-4-18-15)25-6-5-19-16(23)24/h3-4,7,9-11,19H,5-6H2,1-2H3,(H,23,24)/b12-10+. The summed E-state index contributed by atoms with van der Waals surface area (Å²) in [5.41, 5.74) is 1.17. The lowest BCUT2D eigenvalue weighted by Gasteiger charge is -2.07. The van der Waals surface area contributed by atoms with Gasteiger partial charge in [-0.3, -0.25) is 0 Å². The van der Waals surface area contributed by atoms with Crippen molar-refractivity contribution >= 4 is 11.7 Å². The van der Waals surface area contributed by atoms with E-state index in [1.54, 1.807) is 46.5 Å². The molecule has 0 atom stereocenters. The minimum absolute atomic E-state index is 0.180. The molecule has 0 aliphatic rings. The van der Waals surface area contributed by atoms with Crippen LogP contribution in [0.5, 0.6) is 5.75 Å². The topological polar surface area (TPSA) is 116 Å². The highest BCUT2D eigenvalue weighted by molar-refractivity contribution is 5.75.